The van der Waals surface area contributed by atoms with Crippen molar-refractivity contribution in [2.75, 3.05) is 37.6 Å². The lowest BCUT2D eigenvalue weighted by Crippen LogP contribution is -2.38. The predicted molar refractivity (Wildman–Crippen MR) is 86.4 cm³/mol. The summed E-state index contributed by atoms with van der Waals surface area (Å²) in [5, 5.41) is 0. The number of hydrogen-bond donors (Lipinski definition) is 0. The molecule has 2 heterocycles. The van der Waals surface area contributed by atoms with Gasteiger partial charge in [0.15, 0.2) is 0 Å². The predicted octanol–water partition coefficient (Wildman–Crippen LogP) is 3.70. The summed E-state index contributed by atoms with van der Waals surface area (Å²) >= 11 is 0. The van der Waals surface area contributed by atoms with Gasteiger partial charge in [0.05, 0.1) is 5.69 Å². The monoisotopic (exact) mass is 290 g/mol. The highest BCUT2D eigenvalue weighted by atomic mass is 19.1. The summed E-state index contributed by atoms with van der Waals surface area (Å²) < 4.78 is 14.2. The topological polar surface area (TPSA) is 6.48 Å². The third-order valence-electron chi connectivity index (χ3n) is 5.09. The van der Waals surface area contributed by atoms with Crippen molar-refractivity contribution in [2.24, 2.45) is 5.92 Å². The fourth-order valence-corrected chi connectivity index (χ4v) is 3.71. The van der Waals surface area contributed by atoms with Gasteiger partial charge in [-0.05, 0) is 68.8 Å². The number of nitrogens with zero attached hydrogens (tertiary/aromatic N) is 2. The number of rotatable bonds is 4. The van der Waals surface area contributed by atoms with Crippen LogP contribution in [0.2, 0.25) is 0 Å². The second-order valence-electron chi connectivity index (χ2n) is 6.58. The average Bonchev–Trinajstić information content (AvgIpc) is 3.01. The zero-order chi connectivity index (χ0) is 14.7. The van der Waals surface area contributed by atoms with Crippen molar-refractivity contribution in [3.05, 3.63) is 29.6 Å². The van der Waals surface area contributed by atoms with Crippen LogP contribution >= 0.6 is 0 Å². The Morgan fingerprint density at radius 2 is 1.81 bits per heavy atom. The Hall–Kier alpha value is -1.09. The second-order valence-corrected chi connectivity index (χ2v) is 6.58. The van der Waals surface area contributed by atoms with E-state index in [2.05, 4.69) is 22.8 Å². The highest BCUT2D eigenvalue weighted by Gasteiger charge is 2.24. The van der Waals surface area contributed by atoms with Crippen LogP contribution < -0.4 is 4.90 Å². The number of benzene rings is 1. The Bertz CT molecular complexity index is 460. The van der Waals surface area contributed by atoms with Gasteiger partial charge >= 0.3 is 0 Å². The molecule has 1 aromatic carbocycles. The number of anilines is 1. The molecule has 2 aliphatic heterocycles. The quantitative estimate of drug-likeness (QED) is 0.834. The van der Waals surface area contributed by atoms with Crippen molar-refractivity contribution in [1.82, 2.24) is 4.90 Å². The third-order valence-corrected chi connectivity index (χ3v) is 5.09. The normalized spacial score (nSPS) is 21.1. The van der Waals surface area contributed by atoms with Crippen molar-refractivity contribution in [1.29, 1.82) is 0 Å². The van der Waals surface area contributed by atoms with Crippen LogP contribution in [0.3, 0.4) is 0 Å². The summed E-state index contributed by atoms with van der Waals surface area (Å²) in [6.07, 6.45) is 6.04. The maximum atomic E-state index is 14.2. The molecular formula is C18H27FN2. The van der Waals surface area contributed by atoms with Gasteiger partial charge in [0.1, 0.15) is 5.82 Å². The molecule has 2 aliphatic rings. The number of piperidine rings is 1. The van der Waals surface area contributed by atoms with E-state index in [1.807, 2.05) is 6.07 Å². The minimum Gasteiger partial charge on any atom is -0.369 e. The number of hydrogen-bond acceptors (Lipinski definition) is 2. The fourth-order valence-electron chi connectivity index (χ4n) is 3.71. The van der Waals surface area contributed by atoms with Crippen LogP contribution in [0, 0.1) is 11.7 Å². The zero-order valence-electron chi connectivity index (χ0n) is 13.2. The molecule has 0 bridgehead atoms. The molecule has 1 aromatic rings. The minimum atomic E-state index is -0.0488. The van der Waals surface area contributed by atoms with Gasteiger partial charge in [-0.2, -0.15) is 0 Å². The number of likely N-dealkylation sites (tertiary alicyclic amines) is 1. The summed E-state index contributed by atoms with van der Waals surface area (Å²) in [4.78, 5) is 4.84. The first-order chi connectivity index (χ1) is 10.3. The first kappa shape index (κ1) is 14.8. The molecule has 3 rings (SSSR count). The van der Waals surface area contributed by atoms with Crippen LogP contribution in [0.15, 0.2) is 18.2 Å². The maximum Gasteiger partial charge on any atom is 0.146 e. The summed E-state index contributed by atoms with van der Waals surface area (Å²) in [7, 11) is 0. The first-order valence-corrected chi connectivity index (χ1v) is 8.52. The van der Waals surface area contributed by atoms with Gasteiger partial charge in [-0.3, -0.25) is 0 Å². The summed E-state index contributed by atoms with van der Waals surface area (Å²) in [6, 6.07) is 5.73. The molecule has 2 fully saturated rings. The Morgan fingerprint density at radius 1 is 1.10 bits per heavy atom. The van der Waals surface area contributed by atoms with E-state index in [0.29, 0.717) is 0 Å². The van der Waals surface area contributed by atoms with Crippen LogP contribution in [0.5, 0.6) is 0 Å². The summed E-state index contributed by atoms with van der Waals surface area (Å²) in [6.45, 7) is 7.89. The lowest BCUT2D eigenvalue weighted by Gasteiger charge is -2.35. The Kier molecular flexibility index (Phi) is 4.79. The molecular weight excluding hydrogens is 263 g/mol. The van der Waals surface area contributed by atoms with E-state index in [1.54, 1.807) is 6.07 Å². The van der Waals surface area contributed by atoms with Gasteiger partial charge in [-0.1, -0.05) is 13.0 Å². The molecule has 3 heteroatoms. The van der Waals surface area contributed by atoms with Gasteiger partial charge in [0, 0.05) is 19.6 Å². The molecule has 0 saturated carbocycles. The Labute approximate surface area is 127 Å². The molecule has 0 atom stereocenters. The van der Waals surface area contributed by atoms with Crippen molar-refractivity contribution in [3.8, 4) is 0 Å². The van der Waals surface area contributed by atoms with Crippen molar-refractivity contribution < 1.29 is 4.39 Å². The van der Waals surface area contributed by atoms with E-state index in [1.165, 1.54) is 45.3 Å². The number of aryl methyl sites for hydroxylation is 1. The van der Waals surface area contributed by atoms with Crippen molar-refractivity contribution in [2.45, 2.75) is 39.0 Å². The second kappa shape index (κ2) is 6.78. The van der Waals surface area contributed by atoms with Crippen LogP contribution in [-0.2, 0) is 6.42 Å². The molecule has 0 radical (unpaired) electrons. The SMILES string of the molecule is CCc1ccc(N2CCC(CN3CCCC3)CC2)c(F)c1. The van der Waals surface area contributed by atoms with E-state index in [-0.39, 0.29) is 5.82 Å². The molecule has 0 spiro atoms. The van der Waals surface area contributed by atoms with E-state index < -0.39 is 0 Å². The smallest absolute Gasteiger partial charge is 0.146 e. The maximum absolute atomic E-state index is 14.2. The van der Waals surface area contributed by atoms with Crippen LogP contribution in [0.1, 0.15) is 38.2 Å². The highest BCUT2D eigenvalue weighted by molar-refractivity contribution is 5.49. The lowest BCUT2D eigenvalue weighted by atomic mass is 9.95. The fraction of sp³-hybridized carbons (Fsp3) is 0.667. The molecule has 2 nitrogen and oxygen atoms in total. The molecule has 2 saturated heterocycles. The number of halogens is 1. The summed E-state index contributed by atoms with van der Waals surface area (Å²) in [5.41, 5.74) is 1.88. The molecule has 0 amide bonds. The highest BCUT2D eigenvalue weighted by Crippen LogP contribution is 2.27. The molecule has 0 unspecified atom stereocenters. The largest absolute Gasteiger partial charge is 0.369 e. The van der Waals surface area contributed by atoms with Crippen LogP contribution in [-0.4, -0.2) is 37.6 Å². The van der Waals surface area contributed by atoms with Crippen molar-refractivity contribution >= 4 is 5.69 Å². The van der Waals surface area contributed by atoms with E-state index in [9.17, 15) is 4.39 Å². The molecule has 0 N–H and O–H groups in total. The van der Waals surface area contributed by atoms with Gasteiger partial charge in [0.2, 0.25) is 0 Å². The van der Waals surface area contributed by atoms with E-state index in [0.717, 1.165) is 36.7 Å². The average molecular weight is 290 g/mol. The molecule has 21 heavy (non-hydrogen) atoms. The summed E-state index contributed by atoms with van der Waals surface area (Å²) in [5.74, 6) is 0.754. The third kappa shape index (κ3) is 3.57. The molecule has 0 aromatic heterocycles. The van der Waals surface area contributed by atoms with Crippen LogP contribution in [0.25, 0.3) is 0 Å². The molecule has 116 valence electrons. The van der Waals surface area contributed by atoms with Crippen LogP contribution in [0.4, 0.5) is 10.1 Å². The standard InChI is InChI=1S/C18H27FN2/c1-2-15-5-6-18(17(19)13-15)21-11-7-16(8-12-21)14-20-9-3-4-10-20/h5-6,13,16H,2-4,7-12,14H2,1H3. The first-order valence-electron chi connectivity index (χ1n) is 8.52. The Morgan fingerprint density at radius 3 is 2.43 bits per heavy atom. The van der Waals surface area contributed by atoms with Crippen molar-refractivity contribution in [3.63, 3.8) is 0 Å². The van der Waals surface area contributed by atoms with Gasteiger partial charge in [-0.25, -0.2) is 4.39 Å². The van der Waals surface area contributed by atoms with Gasteiger partial charge < -0.3 is 9.80 Å². The molecule has 0 aliphatic carbocycles. The lowest BCUT2D eigenvalue weighted by molar-refractivity contribution is 0.249. The Balaban J connectivity index is 1.55. The van der Waals surface area contributed by atoms with Gasteiger partial charge in [-0.15, -0.1) is 0 Å². The van der Waals surface area contributed by atoms with Gasteiger partial charge in [0.25, 0.3) is 0 Å². The van der Waals surface area contributed by atoms with E-state index in [4.69, 9.17) is 0 Å². The minimum absolute atomic E-state index is 0.0488. The zero-order valence-corrected chi connectivity index (χ0v) is 13.2. The van der Waals surface area contributed by atoms with E-state index >= 15 is 0 Å².